The average molecular weight is 422 g/mol. The molecule has 0 saturated heterocycles. The molecule has 4 aromatic rings. The SMILES string of the molecule is Cc1c(C(=O)Nc2cccc(C(F)(F)F)c2)cccc1-c1ccc2nc(N)ncc2c1. The zero-order valence-corrected chi connectivity index (χ0v) is 16.4. The smallest absolute Gasteiger partial charge is 0.368 e. The maximum absolute atomic E-state index is 12.9. The topological polar surface area (TPSA) is 80.9 Å². The highest BCUT2D eigenvalue weighted by atomic mass is 19.4. The number of carbonyl (C=O) groups excluding carboxylic acids is 1. The lowest BCUT2D eigenvalue weighted by Crippen LogP contribution is -2.14. The Hall–Kier alpha value is -3.94. The molecule has 0 fully saturated rings. The summed E-state index contributed by atoms with van der Waals surface area (Å²) >= 11 is 0. The summed E-state index contributed by atoms with van der Waals surface area (Å²) in [4.78, 5) is 21.0. The molecule has 0 atom stereocenters. The molecule has 0 radical (unpaired) electrons. The quantitative estimate of drug-likeness (QED) is 0.460. The van der Waals surface area contributed by atoms with Gasteiger partial charge in [-0.15, -0.1) is 0 Å². The normalized spacial score (nSPS) is 11.5. The van der Waals surface area contributed by atoms with Gasteiger partial charge in [0.2, 0.25) is 5.95 Å². The molecule has 3 N–H and O–H groups in total. The Labute approximate surface area is 175 Å². The molecule has 1 amide bonds. The van der Waals surface area contributed by atoms with Crippen LogP contribution in [0, 0.1) is 6.92 Å². The number of rotatable bonds is 3. The molecule has 5 nitrogen and oxygen atoms in total. The standard InChI is InChI=1S/C23H17F3N4O/c1-13-18(14-8-9-20-15(10-14)12-28-22(27)30-20)6-3-7-19(13)21(31)29-17-5-2-4-16(11-17)23(24,25)26/h2-12H,1H3,(H,29,31)(H2,27,28,30). The van der Waals surface area contributed by atoms with Gasteiger partial charge in [0.05, 0.1) is 11.1 Å². The highest BCUT2D eigenvalue weighted by Crippen LogP contribution is 2.32. The molecule has 0 spiro atoms. The van der Waals surface area contributed by atoms with Gasteiger partial charge in [-0.25, -0.2) is 9.97 Å². The van der Waals surface area contributed by atoms with E-state index >= 15 is 0 Å². The van der Waals surface area contributed by atoms with Crippen molar-refractivity contribution in [3.8, 4) is 11.1 Å². The number of nitrogen functional groups attached to an aromatic ring is 1. The van der Waals surface area contributed by atoms with Gasteiger partial charge in [-0.1, -0.05) is 24.3 Å². The van der Waals surface area contributed by atoms with Crippen LogP contribution in [-0.4, -0.2) is 15.9 Å². The van der Waals surface area contributed by atoms with Crippen molar-refractivity contribution in [1.29, 1.82) is 0 Å². The van der Waals surface area contributed by atoms with Crippen LogP contribution in [0.25, 0.3) is 22.0 Å². The van der Waals surface area contributed by atoms with Crippen molar-refractivity contribution in [2.75, 3.05) is 11.1 Å². The Balaban J connectivity index is 1.66. The number of benzene rings is 3. The minimum Gasteiger partial charge on any atom is -0.368 e. The predicted molar refractivity (Wildman–Crippen MR) is 114 cm³/mol. The fourth-order valence-corrected chi connectivity index (χ4v) is 3.38. The van der Waals surface area contributed by atoms with Crippen LogP contribution in [0.2, 0.25) is 0 Å². The second-order valence-corrected chi connectivity index (χ2v) is 7.01. The number of halogens is 3. The number of hydrogen-bond acceptors (Lipinski definition) is 4. The van der Waals surface area contributed by atoms with Crippen molar-refractivity contribution >= 4 is 28.4 Å². The van der Waals surface area contributed by atoms with E-state index in [2.05, 4.69) is 15.3 Å². The van der Waals surface area contributed by atoms with E-state index in [4.69, 9.17) is 5.73 Å². The van der Waals surface area contributed by atoms with Crippen molar-refractivity contribution in [3.63, 3.8) is 0 Å². The van der Waals surface area contributed by atoms with E-state index in [0.29, 0.717) is 16.6 Å². The number of hydrogen-bond donors (Lipinski definition) is 2. The van der Waals surface area contributed by atoms with E-state index in [0.717, 1.165) is 28.6 Å². The van der Waals surface area contributed by atoms with Crippen LogP contribution >= 0.6 is 0 Å². The lowest BCUT2D eigenvalue weighted by molar-refractivity contribution is -0.137. The monoisotopic (exact) mass is 422 g/mol. The zero-order chi connectivity index (χ0) is 22.2. The van der Waals surface area contributed by atoms with Crippen LogP contribution < -0.4 is 11.1 Å². The molecule has 0 aliphatic heterocycles. The summed E-state index contributed by atoms with van der Waals surface area (Å²) in [6.07, 6.45) is -2.86. The molecule has 0 aliphatic carbocycles. The average Bonchev–Trinajstić information content (AvgIpc) is 2.73. The van der Waals surface area contributed by atoms with Crippen molar-refractivity contribution in [3.05, 3.63) is 83.6 Å². The minimum absolute atomic E-state index is 0.0741. The number of nitrogens with one attached hydrogen (secondary N) is 1. The van der Waals surface area contributed by atoms with Crippen LogP contribution in [-0.2, 0) is 6.18 Å². The largest absolute Gasteiger partial charge is 0.416 e. The minimum atomic E-state index is -4.49. The highest BCUT2D eigenvalue weighted by Gasteiger charge is 2.30. The first-order chi connectivity index (χ1) is 14.7. The number of aromatic nitrogens is 2. The number of alkyl halides is 3. The van der Waals surface area contributed by atoms with Crippen molar-refractivity contribution in [2.24, 2.45) is 0 Å². The summed E-state index contributed by atoms with van der Waals surface area (Å²) in [7, 11) is 0. The van der Waals surface area contributed by atoms with E-state index in [1.165, 1.54) is 12.1 Å². The Kier molecular flexibility index (Phi) is 5.06. The molecule has 0 saturated carbocycles. The maximum atomic E-state index is 12.9. The first-order valence-electron chi connectivity index (χ1n) is 9.33. The Morgan fingerprint density at radius 3 is 2.58 bits per heavy atom. The lowest BCUT2D eigenvalue weighted by atomic mass is 9.95. The second kappa shape index (κ2) is 7.71. The fraction of sp³-hybridized carbons (Fsp3) is 0.0870. The van der Waals surface area contributed by atoms with Crippen molar-refractivity contribution < 1.29 is 18.0 Å². The van der Waals surface area contributed by atoms with E-state index < -0.39 is 17.6 Å². The molecular formula is C23H17F3N4O. The van der Waals surface area contributed by atoms with Gasteiger partial charge in [0.25, 0.3) is 5.91 Å². The van der Waals surface area contributed by atoms with Gasteiger partial charge in [0.1, 0.15) is 0 Å². The lowest BCUT2D eigenvalue weighted by Gasteiger charge is -2.13. The first-order valence-corrected chi connectivity index (χ1v) is 9.33. The molecule has 31 heavy (non-hydrogen) atoms. The van der Waals surface area contributed by atoms with Crippen molar-refractivity contribution in [2.45, 2.75) is 13.1 Å². The first kappa shape index (κ1) is 20.3. The van der Waals surface area contributed by atoms with Crippen molar-refractivity contribution in [1.82, 2.24) is 9.97 Å². The summed E-state index contributed by atoms with van der Waals surface area (Å²) in [6.45, 7) is 1.79. The third kappa shape index (κ3) is 4.18. The molecule has 1 aromatic heterocycles. The number of nitrogens with zero attached hydrogens (tertiary/aromatic N) is 2. The van der Waals surface area contributed by atoms with E-state index in [9.17, 15) is 18.0 Å². The molecule has 4 rings (SSSR count). The predicted octanol–water partition coefficient (Wildman–Crippen LogP) is 5.46. The van der Waals surface area contributed by atoms with Crippen LogP contribution in [0.15, 0.2) is 66.9 Å². The number of carbonyl (C=O) groups is 1. The molecule has 1 heterocycles. The number of amides is 1. The van der Waals surface area contributed by atoms with Gasteiger partial charge in [-0.05, 0) is 60.0 Å². The zero-order valence-electron chi connectivity index (χ0n) is 16.4. The Morgan fingerprint density at radius 2 is 1.81 bits per heavy atom. The van der Waals surface area contributed by atoms with Crippen LogP contribution in [0.3, 0.4) is 0 Å². The molecule has 8 heteroatoms. The van der Waals surface area contributed by atoms with Crippen LogP contribution in [0.5, 0.6) is 0 Å². The van der Waals surface area contributed by atoms with Crippen LogP contribution in [0.4, 0.5) is 24.8 Å². The molecular weight excluding hydrogens is 405 g/mol. The van der Waals surface area contributed by atoms with Gasteiger partial charge in [0, 0.05) is 22.8 Å². The Bertz CT molecular complexity index is 1300. The molecule has 0 unspecified atom stereocenters. The van der Waals surface area contributed by atoms with Gasteiger partial charge in [0.15, 0.2) is 0 Å². The molecule has 0 bridgehead atoms. The number of fused-ring (bicyclic) bond motifs is 1. The molecule has 3 aromatic carbocycles. The molecule has 156 valence electrons. The second-order valence-electron chi connectivity index (χ2n) is 7.01. The van der Waals surface area contributed by atoms with E-state index in [-0.39, 0.29) is 11.6 Å². The van der Waals surface area contributed by atoms with Gasteiger partial charge in [-0.2, -0.15) is 13.2 Å². The summed E-state index contributed by atoms with van der Waals surface area (Å²) in [5.74, 6) is -0.305. The molecule has 0 aliphatic rings. The summed E-state index contributed by atoms with van der Waals surface area (Å²) in [6, 6.07) is 15.3. The Morgan fingerprint density at radius 1 is 1.03 bits per heavy atom. The van der Waals surface area contributed by atoms with E-state index in [1.54, 1.807) is 25.3 Å². The number of nitrogens with two attached hydrogens (primary N) is 1. The van der Waals surface area contributed by atoms with Crippen LogP contribution in [0.1, 0.15) is 21.5 Å². The third-order valence-electron chi connectivity index (χ3n) is 4.94. The third-order valence-corrected chi connectivity index (χ3v) is 4.94. The fourth-order valence-electron chi connectivity index (χ4n) is 3.38. The summed E-state index contributed by atoms with van der Waals surface area (Å²) in [5.41, 5.74) is 8.30. The highest BCUT2D eigenvalue weighted by molar-refractivity contribution is 6.06. The summed E-state index contributed by atoms with van der Waals surface area (Å²) in [5, 5.41) is 3.35. The maximum Gasteiger partial charge on any atom is 0.416 e. The van der Waals surface area contributed by atoms with Gasteiger partial charge >= 0.3 is 6.18 Å². The van der Waals surface area contributed by atoms with Gasteiger partial charge < -0.3 is 11.1 Å². The van der Waals surface area contributed by atoms with E-state index in [1.807, 2.05) is 24.3 Å². The summed E-state index contributed by atoms with van der Waals surface area (Å²) < 4.78 is 38.8. The number of anilines is 2. The van der Waals surface area contributed by atoms with Gasteiger partial charge in [-0.3, -0.25) is 4.79 Å².